The number of benzene rings is 2. The second-order valence-electron chi connectivity index (χ2n) is 6.97. The van der Waals surface area contributed by atoms with Crippen LogP contribution in [0.4, 0.5) is 5.82 Å². The van der Waals surface area contributed by atoms with Crippen LogP contribution in [0.3, 0.4) is 0 Å². The lowest BCUT2D eigenvalue weighted by atomic mass is 10.1. The van der Waals surface area contributed by atoms with Gasteiger partial charge in [-0.3, -0.25) is 0 Å². The maximum Gasteiger partial charge on any atom is 0.261 e. The Labute approximate surface area is 164 Å². The summed E-state index contributed by atoms with van der Waals surface area (Å²) in [6, 6.07) is 20.4. The minimum absolute atomic E-state index is 0.0911. The molecule has 5 nitrogen and oxygen atoms in total. The summed E-state index contributed by atoms with van der Waals surface area (Å²) in [7, 11) is 0. The maximum absolute atomic E-state index is 5.55. The molecule has 0 fully saturated rings. The van der Waals surface area contributed by atoms with Crippen LogP contribution in [0.25, 0.3) is 22.8 Å². The normalized spacial score (nSPS) is 12.0. The van der Waals surface area contributed by atoms with E-state index in [1.165, 1.54) is 11.1 Å². The van der Waals surface area contributed by atoms with Gasteiger partial charge in [0.05, 0.1) is 5.56 Å². The van der Waals surface area contributed by atoms with Crippen LogP contribution in [-0.2, 0) is 0 Å². The van der Waals surface area contributed by atoms with Crippen LogP contribution in [0.1, 0.15) is 29.7 Å². The third-order valence-corrected chi connectivity index (χ3v) is 4.67. The first-order chi connectivity index (χ1) is 13.6. The van der Waals surface area contributed by atoms with Gasteiger partial charge >= 0.3 is 0 Å². The molecule has 4 rings (SSSR count). The lowest BCUT2D eigenvalue weighted by molar-refractivity contribution is 0.432. The Morgan fingerprint density at radius 1 is 0.929 bits per heavy atom. The molecule has 0 saturated heterocycles. The molecule has 4 aromatic rings. The van der Waals surface area contributed by atoms with Crippen LogP contribution in [0.5, 0.6) is 0 Å². The van der Waals surface area contributed by atoms with Gasteiger partial charge in [-0.1, -0.05) is 58.7 Å². The van der Waals surface area contributed by atoms with Crippen LogP contribution in [0, 0.1) is 13.8 Å². The summed E-state index contributed by atoms with van der Waals surface area (Å²) in [6.45, 7) is 6.23. The molecule has 0 saturated carbocycles. The number of nitrogens with one attached hydrogen (secondary N) is 1. The fraction of sp³-hybridized carbons (Fsp3) is 0.174. The van der Waals surface area contributed by atoms with Crippen molar-refractivity contribution in [1.29, 1.82) is 0 Å². The Balaban J connectivity index is 1.62. The molecule has 28 heavy (non-hydrogen) atoms. The van der Waals surface area contributed by atoms with E-state index in [0.717, 1.165) is 22.5 Å². The van der Waals surface area contributed by atoms with Crippen molar-refractivity contribution < 1.29 is 4.52 Å². The van der Waals surface area contributed by atoms with Gasteiger partial charge in [0.15, 0.2) is 0 Å². The molecule has 0 bridgehead atoms. The summed E-state index contributed by atoms with van der Waals surface area (Å²) < 4.78 is 5.55. The quantitative estimate of drug-likeness (QED) is 0.496. The number of hydrogen-bond donors (Lipinski definition) is 1. The summed E-state index contributed by atoms with van der Waals surface area (Å²) in [5.74, 6) is 1.73. The van der Waals surface area contributed by atoms with E-state index >= 15 is 0 Å². The molecular weight excluding hydrogens is 348 g/mol. The summed E-state index contributed by atoms with van der Waals surface area (Å²) in [6.07, 6.45) is 1.76. The monoisotopic (exact) mass is 370 g/mol. The first kappa shape index (κ1) is 17.9. The standard InChI is InChI=1S/C23H22N4O/c1-15-9-11-18(12-10-15)17(3)25-22-20(8-5-13-24-22)23-26-21(27-28-23)19-7-4-6-16(2)14-19/h4-14,17H,1-3H3,(H,24,25). The van der Waals surface area contributed by atoms with Gasteiger partial charge in [-0.25, -0.2) is 4.98 Å². The Kier molecular flexibility index (Phi) is 4.89. The molecule has 0 amide bonds. The molecule has 1 unspecified atom stereocenters. The van der Waals surface area contributed by atoms with E-state index in [1.54, 1.807) is 6.20 Å². The minimum Gasteiger partial charge on any atom is -0.363 e. The number of pyridine rings is 1. The summed E-state index contributed by atoms with van der Waals surface area (Å²) in [4.78, 5) is 9.08. The van der Waals surface area contributed by atoms with Crippen molar-refractivity contribution >= 4 is 5.82 Å². The molecule has 2 aromatic carbocycles. The predicted molar refractivity (Wildman–Crippen MR) is 111 cm³/mol. The average Bonchev–Trinajstić information content (AvgIpc) is 3.19. The van der Waals surface area contributed by atoms with Gasteiger partial charge in [0, 0.05) is 17.8 Å². The Bertz CT molecular complexity index is 1090. The van der Waals surface area contributed by atoms with Gasteiger partial charge in [-0.05, 0) is 44.5 Å². The lowest BCUT2D eigenvalue weighted by Crippen LogP contribution is -2.09. The second kappa shape index (κ2) is 7.64. The second-order valence-corrected chi connectivity index (χ2v) is 6.97. The molecule has 0 aliphatic carbocycles. The van der Waals surface area contributed by atoms with Crippen molar-refractivity contribution in [3.8, 4) is 22.8 Å². The summed E-state index contributed by atoms with van der Waals surface area (Å²) in [5.41, 5.74) is 5.30. The first-order valence-corrected chi connectivity index (χ1v) is 9.29. The molecule has 2 heterocycles. The van der Waals surface area contributed by atoms with Crippen molar-refractivity contribution in [3.63, 3.8) is 0 Å². The average molecular weight is 370 g/mol. The Hall–Kier alpha value is -3.47. The Morgan fingerprint density at radius 3 is 2.54 bits per heavy atom. The molecular formula is C23H22N4O. The highest BCUT2D eigenvalue weighted by atomic mass is 16.5. The van der Waals surface area contributed by atoms with Gasteiger partial charge in [-0.15, -0.1) is 0 Å². The van der Waals surface area contributed by atoms with E-state index in [9.17, 15) is 0 Å². The SMILES string of the molecule is Cc1ccc(C(C)Nc2ncccc2-c2nc(-c3cccc(C)c3)no2)cc1. The van der Waals surface area contributed by atoms with Crippen molar-refractivity contribution in [1.82, 2.24) is 15.1 Å². The van der Waals surface area contributed by atoms with E-state index < -0.39 is 0 Å². The van der Waals surface area contributed by atoms with Gasteiger partial charge in [0.2, 0.25) is 5.82 Å². The zero-order chi connectivity index (χ0) is 19.5. The van der Waals surface area contributed by atoms with Gasteiger partial charge in [-0.2, -0.15) is 4.98 Å². The van der Waals surface area contributed by atoms with E-state index in [0.29, 0.717) is 11.7 Å². The number of aryl methyl sites for hydroxylation is 2. The van der Waals surface area contributed by atoms with Crippen LogP contribution in [-0.4, -0.2) is 15.1 Å². The largest absolute Gasteiger partial charge is 0.363 e. The molecule has 0 aliphatic rings. The smallest absolute Gasteiger partial charge is 0.261 e. The van der Waals surface area contributed by atoms with E-state index in [-0.39, 0.29) is 6.04 Å². The van der Waals surface area contributed by atoms with Crippen molar-refractivity contribution in [3.05, 3.63) is 83.6 Å². The van der Waals surface area contributed by atoms with Crippen LogP contribution in [0.15, 0.2) is 71.4 Å². The van der Waals surface area contributed by atoms with Crippen molar-refractivity contribution in [2.24, 2.45) is 0 Å². The zero-order valence-electron chi connectivity index (χ0n) is 16.2. The van der Waals surface area contributed by atoms with E-state index in [1.807, 2.05) is 43.3 Å². The molecule has 1 N–H and O–H groups in total. The highest BCUT2D eigenvalue weighted by Gasteiger charge is 2.16. The first-order valence-electron chi connectivity index (χ1n) is 9.29. The molecule has 5 heteroatoms. The van der Waals surface area contributed by atoms with E-state index in [4.69, 9.17) is 4.52 Å². The van der Waals surface area contributed by atoms with Gasteiger partial charge in [0.1, 0.15) is 5.82 Å². The topological polar surface area (TPSA) is 63.8 Å². The minimum atomic E-state index is 0.0911. The van der Waals surface area contributed by atoms with Crippen LogP contribution in [0.2, 0.25) is 0 Å². The van der Waals surface area contributed by atoms with Crippen molar-refractivity contribution in [2.45, 2.75) is 26.8 Å². The maximum atomic E-state index is 5.55. The number of rotatable bonds is 5. The van der Waals surface area contributed by atoms with Crippen LogP contribution >= 0.6 is 0 Å². The number of nitrogens with zero attached hydrogens (tertiary/aromatic N) is 3. The number of hydrogen-bond acceptors (Lipinski definition) is 5. The number of aromatic nitrogens is 3. The lowest BCUT2D eigenvalue weighted by Gasteiger charge is -2.16. The van der Waals surface area contributed by atoms with Crippen LogP contribution < -0.4 is 5.32 Å². The van der Waals surface area contributed by atoms with Gasteiger partial charge < -0.3 is 9.84 Å². The fourth-order valence-corrected chi connectivity index (χ4v) is 3.07. The molecule has 2 aromatic heterocycles. The molecule has 0 spiro atoms. The van der Waals surface area contributed by atoms with Gasteiger partial charge in [0.25, 0.3) is 5.89 Å². The highest BCUT2D eigenvalue weighted by Crippen LogP contribution is 2.29. The highest BCUT2D eigenvalue weighted by molar-refractivity contribution is 5.70. The third-order valence-electron chi connectivity index (χ3n) is 4.67. The predicted octanol–water partition coefficient (Wildman–Crippen LogP) is 5.59. The summed E-state index contributed by atoms with van der Waals surface area (Å²) in [5, 5.41) is 7.61. The molecule has 140 valence electrons. The fourth-order valence-electron chi connectivity index (χ4n) is 3.07. The number of anilines is 1. The molecule has 0 aliphatic heterocycles. The van der Waals surface area contributed by atoms with E-state index in [2.05, 4.69) is 58.6 Å². The summed E-state index contributed by atoms with van der Waals surface area (Å²) >= 11 is 0. The molecule has 0 radical (unpaired) electrons. The molecule has 1 atom stereocenters. The van der Waals surface area contributed by atoms with Crippen molar-refractivity contribution in [2.75, 3.05) is 5.32 Å². The Morgan fingerprint density at radius 2 is 1.75 bits per heavy atom. The zero-order valence-corrected chi connectivity index (χ0v) is 16.2. The third kappa shape index (κ3) is 3.78.